The van der Waals surface area contributed by atoms with Gasteiger partial charge in [0, 0.05) is 81.9 Å². The topological polar surface area (TPSA) is 130 Å². The molecular weight excluding hydrogens is 1030 g/mol. The molecule has 5 atom stereocenters. The monoisotopic (exact) mass is 1100 g/mol. The number of fused-ring (bicyclic) bond motifs is 1. The lowest BCUT2D eigenvalue weighted by molar-refractivity contribution is -0.149. The van der Waals surface area contributed by atoms with Crippen LogP contribution in [0.2, 0.25) is 10.0 Å². The van der Waals surface area contributed by atoms with Gasteiger partial charge in [-0.15, -0.1) is 12.4 Å². The summed E-state index contributed by atoms with van der Waals surface area (Å²) < 4.78 is 20.0. The van der Waals surface area contributed by atoms with Gasteiger partial charge in [-0.2, -0.15) is 0 Å². The third-order valence-corrected chi connectivity index (χ3v) is 15.8. The highest BCUT2D eigenvalue weighted by Crippen LogP contribution is 2.42. The Morgan fingerprint density at radius 3 is 2.28 bits per heavy atom. The van der Waals surface area contributed by atoms with Crippen molar-refractivity contribution < 1.29 is 33.4 Å². The summed E-state index contributed by atoms with van der Waals surface area (Å²) in [5, 5.41) is 1.03. The molecule has 8 rings (SSSR count). The van der Waals surface area contributed by atoms with Gasteiger partial charge in [0.05, 0.1) is 68.7 Å². The molecule has 0 N–H and O–H groups in total. The van der Waals surface area contributed by atoms with Crippen molar-refractivity contribution in [2.75, 3.05) is 81.3 Å². The minimum Gasteiger partial charge on any atom is -0.457 e. The van der Waals surface area contributed by atoms with Crippen LogP contribution in [0.15, 0.2) is 97.2 Å². The Hall–Kier alpha value is -5.32. The van der Waals surface area contributed by atoms with Crippen LogP contribution in [0.25, 0.3) is 11.3 Å². The van der Waals surface area contributed by atoms with E-state index in [2.05, 4.69) is 31.5 Å². The fraction of sp³-hybridized carbons (Fsp3) is 0.475. The summed E-state index contributed by atoms with van der Waals surface area (Å²) in [4.78, 5) is 75.7. The number of unbranched alkanes of at least 4 members (excludes halogenated alkanes) is 1. The number of imidazole rings is 1. The average molecular weight is 1100 g/mol. The smallest absolute Gasteiger partial charge is 0.228 e. The lowest BCUT2D eigenvalue weighted by Crippen LogP contribution is -2.52. The normalized spacial score (nSPS) is 21.2. The van der Waals surface area contributed by atoms with Crippen molar-refractivity contribution in [3.63, 3.8) is 0 Å². The number of ketones is 1. The molecule has 3 amide bonds. The summed E-state index contributed by atoms with van der Waals surface area (Å²) in [6.45, 7) is 4.69. The van der Waals surface area contributed by atoms with E-state index >= 15 is 14.4 Å². The Morgan fingerprint density at radius 2 is 1.55 bits per heavy atom. The van der Waals surface area contributed by atoms with Gasteiger partial charge in [0.15, 0.2) is 5.78 Å². The molecule has 3 aliphatic rings. The number of nitrogens with zero attached hydrogens (tertiary/aromatic N) is 7. The molecular formula is C59H74Cl3N7O7. The van der Waals surface area contributed by atoms with Crippen LogP contribution in [-0.4, -0.2) is 151 Å². The van der Waals surface area contributed by atoms with Crippen molar-refractivity contribution in [3.05, 3.63) is 135 Å². The van der Waals surface area contributed by atoms with Crippen molar-refractivity contribution in [3.8, 4) is 22.8 Å². The van der Waals surface area contributed by atoms with E-state index in [4.69, 9.17) is 37.4 Å². The summed E-state index contributed by atoms with van der Waals surface area (Å²) in [6, 6.07) is 27.3. The first-order valence-corrected chi connectivity index (χ1v) is 27.1. The maximum atomic E-state index is 15.8. The molecule has 17 heteroatoms. The maximum Gasteiger partial charge on any atom is 0.228 e. The molecule has 0 radical (unpaired) electrons. The molecule has 0 bridgehead atoms. The number of rotatable bonds is 17. The molecule has 1 aliphatic carbocycles. The molecule has 14 nitrogen and oxygen atoms in total. The largest absolute Gasteiger partial charge is 0.457 e. The van der Waals surface area contributed by atoms with E-state index in [0.29, 0.717) is 72.5 Å². The summed E-state index contributed by atoms with van der Waals surface area (Å²) in [7, 11) is 11.1. The molecule has 2 aliphatic heterocycles. The number of morpholine rings is 1. The van der Waals surface area contributed by atoms with Crippen molar-refractivity contribution in [1.82, 2.24) is 34.1 Å². The van der Waals surface area contributed by atoms with Gasteiger partial charge in [-0.3, -0.25) is 24.1 Å². The zero-order valence-corrected chi connectivity index (χ0v) is 47.1. The van der Waals surface area contributed by atoms with Crippen LogP contribution >= 0.6 is 35.6 Å². The highest BCUT2D eigenvalue weighted by atomic mass is 35.5. The number of likely N-dealkylation sites (N-methyl/N-ethyl adjacent to an activating group) is 2. The minimum absolute atomic E-state index is 0. The number of carbonyl (C=O) groups excluding carboxylic acids is 4. The highest BCUT2D eigenvalue weighted by molar-refractivity contribution is 6.31. The number of aromatic nitrogens is 2. The molecule has 408 valence electrons. The van der Waals surface area contributed by atoms with Crippen molar-refractivity contribution >= 4 is 59.1 Å². The summed E-state index contributed by atoms with van der Waals surface area (Å²) in [5.74, 6) is -0.983. The minimum atomic E-state index is -0.948. The van der Waals surface area contributed by atoms with Crippen molar-refractivity contribution in [1.29, 1.82) is 0 Å². The SMILES string of the molecule is COC[C@@H]1CC(=O)[C@H](CCCCN2CCOCC2)N(Cc2ccc(Cl)cc2Oc2ccc(-c3cnc(CN(C)C)n3C)cc2)C(=O)C[C@@H]([C@H]2CCc3ccccc32)C(=O)N(C)C[C@@H](Cc2ccc(Cl)cc2)N(C)C1=O.Cl. The lowest BCUT2D eigenvalue weighted by Gasteiger charge is -2.38. The van der Waals surface area contributed by atoms with E-state index in [1.165, 1.54) is 7.11 Å². The van der Waals surface area contributed by atoms with Crippen molar-refractivity contribution in [2.45, 2.75) is 82.5 Å². The van der Waals surface area contributed by atoms with E-state index in [-0.39, 0.29) is 74.4 Å². The molecule has 76 heavy (non-hydrogen) atoms. The first-order valence-electron chi connectivity index (χ1n) is 26.3. The third-order valence-electron chi connectivity index (χ3n) is 15.3. The molecule has 5 aromatic rings. The molecule has 0 unspecified atom stereocenters. The Balaban J connectivity index is 0.00000840. The zero-order valence-electron chi connectivity index (χ0n) is 44.8. The number of halogens is 3. The predicted octanol–water partition coefficient (Wildman–Crippen LogP) is 9.37. The van der Waals surface area contributed by atoms with E-state index in [9.17, 15) is 4.79 Å². The maximum absolute atomic E-state index is 15.8. The Kier molecular flexibility index (Phi) is 21.0. The second-order valence-corrected chi connectivity index (χ2v) is 21.7. The second kappa shape index (κ2) is 27.3. The van der Waals surface area contributed by atoms with E-state index < -0.39 is 23.9 Å². The first-order chi connectivity index (χ1) is 36.2. The Labute approximate surface area is 465 Å². The van der Waals surface area contributed by atoms with Crippen LogP contribution in [-0.2, 0) is 61.6 Å². The molecule has 3 heterocycles. The number of methoxy groups -OCH3 is 1. The van der Waals surface area contributed by atoms with Crippen LogP contribution in [0.4, 0.5) is 0 Å². The van der Waals surface area contributed by atoms with Gasteiger partial charge in [-0.1, -0.05) is 65.7 Å². The Bertz CT molecular complexity index is 2750. The molecule has 4 aromatic carbocycles. The van der Waals surface area contributed by atoms with Gasteiger partial charge >= 0.3 is 0 Å². The molecule has 0 saturated carbocycles. The standard InChI is InChI=1S/C59H73Cl2N7O7.ClH/c1-63(2)38-56-62-35-53(66(56)5)42-17-23-48(24-18-42)75-55-33-46(61)22-16-43(55)36-68-52(13-9-10-26-67-27-29-74-30-28-67)54(69)32-44(39-73-6)58(71)65(4)47(31-40-14-20-45(60)21-15-40)37-64(3)59(72)51(34-57(68)70)50-25-19-41-11-7-8-12-49(41)50;/h7-8,11-12,14-18,20-24,33,35,44,47,50-52H,9-10,13,19,25-32,34,36-39H2,1-6H3;1H/t44-,47+,50-,51-,52-;/m0./s1. The third kappa shape index (κ3) is 14.6. The van der Waals surface area contributed by atoms with Gasteiger partial charge in [-0.25, -0.2) is 4.98 Å². The van der Waals surface area contributed by atoms with E-state index in [1.54, 1.807) is 40.9 Å². The van der Waals surface area contributed by atoms with Gasteiger partial charge < -0.3 is 38.4 Å². The number of ether oxygens (including phenoxy) is 3. The second-order valence-electron chi connectivity index (χ2n) is 20.9. The molecule has 2 fully saturated rings. The van der Waals surface area contributed by atoms with Crippen LogP contribution < -0.4 is 4.74 Å². The van der Waals surface area contributed by atoms with Crippen LogP contribution in [0.3, 0.4) is 0 Å². The first kappa shape index (κ1) is 58.4. The van der Waals surface area contributed by atoms with Crippen LogP contribution in [0, 0.1) is 11.8 Å². The summed E-state index contributed by atoms with van der Waals surface area (Å²) in [5.41, 5.74) is 5.72. The number of aryl methyl sites for hydroxylation is 1. The van der Waals surface area contributed by atoms with Gasteiger partial charge in [0.25, 0.3) is 0 Å². The molecule has 2 saturated heterocycles. The van der Waals surface area contributed by atoms with Gasteiger partial charge in [-0.05, 0) is 130 Å². The van der Waals surface area contributed by atoms with Crippen LogP contribution in [0.1, 0.15) is 72.5 Å². The zero-order chi connectivity index (χ0) is 53.2. The fourth-order valence-electron chi connectivity index (χ4n) is 11.2. The Morgan fingerprint density at radius 1 is 0.829 bits per heavy atom. The number of benzene rings is 4. The molecule has 1 aromatic heterocycles. The predicted molar refractivity (Wildman–Crippen MR) is 300 cm³/mol. The van der Waals surface area contributed by atoms with E-state index in [1.807, 2.05) is 94.1 Å². The quantitative estimate of drug-likeness (QED) is 0.0831. The van der Waals surface area contributed by atoms with Gasteiger partial charge in [0.1, 0.15) is 17.3 Å². The van der Waals surface area contributed by atoms with Crippen LogP contribution in [0.5, 0.6) is 11.5 Å². The average Bonchev–Trinajstić information content (AvgIpc) is 4.00. The molecule has 0 spiro atoms. The van der Waals surface area contributed by atoms with Crippen molar-refractivity contribution in [2.24, 2.45) is 18.9 Å². The number of hydrogen-bond acceptors (Lipinski definition) is 10. The number of hydrogen-bond donors (Lipinski definition) is 0. The summed E-state index contributed by atoms with van der Waals surface area (Å²) in [6.07, 6.45) is 5.25. The number of amides is 3. The number of Topliss-reactive ketones (excluding diaryl/α,β-unsaturated/α-hetero) is 1. The fourth-order valence-corrected chi connectivity index (χ4v) is 11.4. The lowest BCUT2D eigenvalue weighted by atomic mass is 9.83. The summed E-state index contributed by atoms with van der Waals surface area (Å²) >= 11 is 13.0. The highest BCUT2D eigenvalue weighted by Gasteiger charge is 2.42. The van der Waals surface area contributed by atoms with Gasteiger partial charge in [0.2, 0.25) is 17.7 Å². The number of carbonyl (C=O) groups is 4. The van der Waals surface area contributed by atoms with E-state index in [0.717, 1.165) is 66.2 Å².